The summed E-state index contributed by atoms with van der Waals surface area (Å²) in [5.41, 5.74) is 0. The summed E-state index contributed by atoms with van der Waals surface area (Å²) >= 11 is 0. The van der Waals surface area contributed by atoms with Crippen LogP contribution in [-0.4, -0.2) is 26.8 Å². The van der Waals surface area contributed by atoms with E-state index in [1.807, 2.05) is 6.08 Å². The lowest BCUT2D eigenvalue weighted by Gasteiger charge is -2.17. The van der Waals surface area contributed by atoms with Crippen LogP contribution >= 0.6 is 0 Å². The van der Waals surface area contributed by atoms with Crippen molar-refractivity contribution in [1.29, 1.82) is 0 Å². The summed E-state index contributed by atoms with van der Waals surface area (Å²) in [6, 6.07) is 0. The van der Waals surface area contributed by atoms with Gasteiger partial charge in [-0.3, -0.25) is 0 Å². The average molecular weight is 129 g/mol. The standard InChI is InChI=1S/C7H15NO/c1-4-5-8(2)6-7-9-3/h4,8H,1-2,5-7H2,3H3. The highest BCUT2D eigenvalue weighted by molar-refractivity contribution is 4.62. The van der Waals surface area contributed by atoms with Crippen molar-refractivity contribution in [1.82, 2.24) is 0 Å². The lowest BCUT2D eigenvalue weighted by molar-refractivity contribution is -0.847. The number of rotatable bonds is 5. The fourth-order valence-electron chi connectivity index (χ4n) is 0.553. The van der Waals surface area contributed by atoms with E-state index in [0.717, 1.165) is 19.7 Å². The normalized spacial score (nSPS) is 13.1. The van der Waals surface area contributed by atoms with Gasteiger partial charge in [-0.2, -0.15) is 7.05 Å². The van der Waals surface area contributed by atoms with E-state index < -0.39 is 0 Å². The van der Waals surface area contributed by atoms with Gasteiger partial charge in [0.1, 0.15) is 0 Å². The molecule has 0 bridgehead atoms. The molecule has 1 unspecified atom stereocenters. The summed E-state index contributed by atoms with van der Waals surface area (Å²) in [6.45, 7) is 6.23. The van der Waals surface area contributed by atoms with E-state index in [9.17, 15) is 0 Å². The van der Waals surface area contributed by atoms with Crippen molar-refractivity contribution in [3.63, 3.8) is 0 Å². The number of hydrogen-bond acceptors (Lipinski definition) is 1. The molecule has 0 rings (SSSR count). The van der Waals surface area contributed by atoms with Crippen LogP contribution in [0.15, 0.2) is 12.7 Å². The Balaban J connectivity index is 3.04. The molecule has 0 aliphatic rings. The van der Waals surface area contributed by atoms with Gasteiger partial charge in [-0.25, -0.2) is 0 Å². The minimum Gasteiger partial charge on any atom is -0.463 e. The molecule has 2 heteroatoms. The molecule has 0 fully saturated rings. The molecular formula is C7H15NO. The topological polar surface area (TPSA) is 13.7 Å². The molecule has 0 spiro atoms. The second kappa shape index (κ2) is 5.79. The largest absolute Gasteiger partial charge is 0.463 e. The van der Waals surface area contributed by atoms with Crippen molar-refractivity contribution in [3.05, 3.63) is 19.7 Å². The highest BCUT2D eigenvalue weighted by Crippen LogP contribution is 1.58. The number of ether oxygens (including phenoxy) is 1. The maximum Gasteiger partial charge on any atom is 0.0931 e. The lowest BCUT2D eigenvalue weighted by Crippen LogP contribution is -3.07. The minimum atomic E-state index is 0.771. The van der Waals surface area contributed by atoms with E-state index in [0.29, 0.717) is 0 Å². The maximum absolute atomic E-state index is 4.86. The Morgan fingerprint density at radius 2 is 2.44 bits per heavy atom. The first-order chi connectivity index (χ1) is 4.31. The van der Waals surface area contributed by atoms with E-state index >= 15 is 0 Å². The molecular weight excluding hydrogens is 114 g/mol. The number of quaternary nitrogens is 1. The smallest absolute Gasteiger partial charge is 0.0931 e. The van der Waals surface area contributed by atoms with Crippen LogP contribution in [0.4, 0.5) is 0 Å². The van der Waals surface area contributed by atoms with Gasteiger partial charge in [0, 0.05) is 7.11 Å². The molecule has 0 saturated heterocycles. The van der Waals surface area contributed by atoms with Crippen LogP contribution < -0.4 is 4.90 Å². The number of hydrogen-bond donors (Lipinski definition) is 1. The van der Waals surface area contributed by atoms with Gasteiger partial charge in [-0.15, -0.1) is 0 Å². The first-order valence-electron chi connectivity index (χ1n) is 3.07. The monoisotopic (exact) mass is 129 g/mol. The van der Waals surface area contributed by atoms with Gasteiger partial charge in [0.25, 0.3) is 0 Å². The van der Waals surface area contributed by atoms with Gasteiger partial charge in [0.05, 0.1) is 19.7 Å². The highest BCUT2D eigenvalue weighted by Gasteiger charge is 1.89. The van der Waals surface area contributed by atoms with Crippen molar-refractivity contribution < 1.29 is 9.64 Å². The zero-order chi connectivity index (χ0) is 7.11. The predicted octanol–water partition coefficient (Wildman–Crippen LogP) is -0.505. The van der Waals surface area contributed by atoms with Gasteiger partial charge in [0.15, 0.2) is 0 Å². The van der Waals surface area contributed by atoms with Crippen LogP contribution in [0.3, 0.4) is 0 Å². The zero-order valence-electron chi connectivity index (χ0n) is 6.02. The highest BCUT2D eigenvalue weighted by atomic mass is 16.5. The van der Waals surface area contributed by atoms with E-state index in [4.69, 9.17) is 4.74 Å². The Labute approximate surface area is 57.1 Å². The van der Waals surface area contributed by atoms with Crippen LogP contribution in [0.5, 0.6) is 0 Å². The Morgan fingerprint density at radius 1 is 1.78 bits per heavy atom. The molecule has 0 radical (unpaired) electrons. The van der Waals surface area contributed by atoms with Crippen LogP contribution in [0, 0.1) is 7.05 Å². The van der Waals surface area contributed by atoms with Crippen molar-refractivity contribution >= 4 is 0 Å². The molecule has 9 heavy (non-hydrogen) atoms. The molecule has 0 aromatic rings. The third-order valence-corrected chi connectivity index (χ3v) is 1.09. The van der Waals surface area contributed by atoms with Crippen molar-refractivity contribution in [2.45, 2.75) is 0 Å². The quantitative estimate of drug-likeness (QED) is 0.390. The molecule has 0 aromatic carbocycles. The fraction of sp³-hybridized carbons (Fsp3) is 0.571. The Morgan fingerprint density at radius 3 is 2.89 bits per heavy atom. The Hall–Kier alpha value is -0.340. The number of nitrogens with one attached hydrogen (secondary N) is 1. The van der Waals surface area contributed by atoms with Gasteiger partial charge >= 0.3 is 0 Å². The maximum atomic E-state index is 4.86. The van der Waals surface area contributed by atoms with Gasteiger partial charge < -0.3 is 9.64 Å². The number of methoxy groups -OCH3 is 1. The van der Waals surface area contributed by atoms with E-state index in [-0.39, 0.29) is 0 Å². The van der Waals surface area contributed by atoms with Crippen LogP contribution in [-0.2, 0) is 4.74 Å². The average Bonchev–Trinajstić information content (AvgIpc) is 1.85. The van der Waals surface area contributed by atoms with E-state index in [2.05, 4.69) is 13.6 Å². The Kier molecular flexibility index (Phi) is 5.57. The van der Waals surface area contributed by atoms with Crippen LogP contribution in [0.25, 0.3) is 0 Å². The molecule has 0 aliphatic carbocycles. The SMILES string of the molecule is C=CC[NH+]([CH2-])CCOC. The molecule has 1 N–H and O–H groups in total. The summed E-state index contributed by atoms with van der Waals surface area (Å²) in [5, 5.41) is 0. The lowest BCUT2D eigenvalue weighted by atomic mass is 10.5. The molecule has 54 valence electrons. The van der Waals surface area contributed by atoms with Gasteiger partial charge in [-0.05, 0) is 6.08 Å². The molecule has 2 nitrogen and oxygen atoms in total. The summed E-state index contributed by atoms with van der Waals surface area (Å²) in [5.74, 6) is 0. The van der Waals surface area contributed by atoms with Crippen molar-refractivity contribution in [2.75, 3.05) is 26.8 Å². The second-order valence-electron chi connectivity index (χ2n) is 1.99. The second-order valence-corrected chi connectivity index (χ2v) is 1.99. The molecule has 0 aliphatic heterocycles. The van der Waals surface area contributed by atoms with Crippen LogP contribution in [0.1, 0.15) is 0 Å². The third-order valence-electron chi connectivity index (χ3n) is 1.09. The molecule has 0 aromatic heterocycles. The summed E-state index contributed by atoms with van der Waals surface area (Å²) in [7, 11) is 5.53. The van der Waals surface area contributed by atoms with Gasteiger partial charge in [0.2, 0.25) is 0 Å². The molecule has 0 saturated carbocycles. The predicted molar refractivity (Wildman–Crippen MR) is 38.1 cm³/mol. The van der Waals surface area contributed by atoms with E-state index in [1.165, 1.54) is 4.90 Å². The van der Waals surface area contributed by atoms with Crippen LogP contribution in [0.2, 0.25) is 0 Å². The fourth-order valence-corrected chi connectivity index (χ4v) is 0.553. The van der Waals surface area contributed by atoms with Crippen molar-refractivity contribution in [3.8, 4) is 0 Å². The summed E-state index contributed by atoms with van der Waals surface area (Å²) in [6.07, 6.45) is 1.86. The van der Waals surface area contributed by atoms with Crippen molar-refractivity contribution in [2.24, 2.45) is 0 Å². The Bertz CT molecular complexity index is 73.3. The molecule has 0 amide bonds. The first kappa shape index (κ1) is 8.66. The molecule has 0 heterocycles. The molecule has 1 atom stereocenters. The van der Waals surface area contributed by atoms with Gasteiger partial charge in [-0.1, -0.05) is 6.58 Å². The third kappa shape index (κ3) is 5.53. The van der Waals surface area contributed by atoms with E-state index in [1.54, 1.807) is 7.11 Å². The zero-order valence-corrected chi connectivity index (χ0v) is 6.02. The minimum absolute atomic E-state index is 0.771. The summed E-state index contributed by atoms with van der Waals surface area (Å²) in [4.78, 5) is 1.19. The summed E-state index contributed by atoms with van der Waals surface area (Å²) < 4.78 is 4.86. The first-order valence-corrected chi connectivity index (χ1v) is 3.07.